The van der Waals surface area contributed by atoms with Gasteiger partial charge in [0.15, 0.2) is 0 Å². The lowest BCUT2D eigenvalue weighted by molar-refractivity contribution is -0.117. The molecule has 0 spiro atoms. The van der Waals surface area contributed by atoms with Crippen molar-refractivity contribution in [1.29, 1.82) is 0 Å². The Hall–Kier alpha value is -1.53. The highest BCUT2D eigenvalue weighted by atomic mass is 19.1. The average molecular weight is 407 g/mol. The molecule has 0 radical (unpaired) electrons. The second kappa shape index (κ2) is 9.98. The number of anilines is 1. The van der Waals surface area contributed by atoms with Crippen molar-refractivity contribution in [3.63, 3.8) is 0 Å². The number of hydrogen-bond acceptors (Lipinski definition) is 4. The Morgan fingerprint density at radius 3 is 2.79 bits per heavy atom. The van der Waals surface area contributed by atoms with Gasteiger partial charge in [0, 0.05) is 6.42 Å². The van der Waals surface area contributed by atoms with Crippen LogP contribution in [0.15, 0.2) is 18.3 Å². The van der Waals surface area contributed by atoms with Crippen molar-refractivity contribution in [2.75, 3.05) is 11.9 Å². The van der Waals surface area contributed by atoms with Gasteiger partial charge >= 0.3 is 0 Å². The van der Waals surface area contributed by atoms with Gasteiger partial charge in [-0.05, 0) is 74.3 Å². The van der Waals surface area contributed by atoms with Crippen LogP contribution in [0, 0.1) is 35.5 Å². The summed E-state index contributed by atoms with van der Waals surface area (Å²) in [5.41, 5.74) is 0.466. The molecule has 7 atom stereocenters. The zero-order valence-corrected chi connectivity index (χ0v) is 17.8. The topological polar surface area (TPSA) is 71.5 Å². The number of pyridine rings is 1. The van der Waals surface area contributed by atoms with E-state index in [2.05, 4.69) is 31.1 Å². The number of aromatic nitrogens is 1. The Kier molecular flexibility index (Phi) is 7.63. The lowest BCUT2D eigenvalue weighted by atomic mass is 9.62. The molecule has 1 aromatic rings. The molecule has 1 aromatic heterocycles. The maximum absolute atomic E-state index is 12.9. The van der Waals surface area contributed by atoms with Crippen LogP contribution in [0.2, 0.25) is 0 Å². The number of nitrogens with one attached hydrogen (secondary N) is 1. The first-order chi connectivity index (χ1) is 13.8. The van der Waals surface area contributed by atoms with Crippen molar-refractivity contribution in [3.05, 3.63) is 24.3 Å². The molecule has 3 rings (SSSR count). The van der Waals surface area contributed by atoms with Gasteiger partial charge in [0.05, 0.1) is 30.7 Å². The van der Waals surface area contributed by atoms with Crippen molar-refractivity contribution in [1.82, 2.24) is 4.98 Å². The highest BCUT2D eigenvalue weighted by Crippen LogP contribution is 2.46. The van der Waals surface area contributed by atoms with Crippen molar-refractivity contribution in [2.45, 2.75) is 71.5 Å². The smallest absolute Gasteiger partial charge is 0.224 e. The Bertz CT molecular complexity index is 669. The quantitative estimate of drug-likeness (QED) is 0.687. The van der Waals surface area contributed by atoms with Crippen molar-refractivity contribution < 1.29 is 19.0 Å². The first-order valence-corrected chi connectivity index (χ1v) is 11.1. The van der Waals surface area contributed by atoms with Crippen molar-refractivity contribution in [3.8, 4) is 0 Å². The summed E-state index contributed by atoms with van der Waals surface area (Å²) in [6, 6.07) is 2.69. The van der Waals surface area contributed by atoms with Crippen LogP contribution >= 0.6 is 0 Å². The molecule has 2 aliphatic rings. The molecule has 6 heteroatoms. The third kappa shape index (κ3) is 5.76. The molecule has 0 aromatic carbocycles. The van der Waals surface area contributed by atoms with Crippen LogP contribution in [-0.4, -0.2) is 34.8 Å². The van der Waals surface area contributed by atoms with Crippen LogP contribution in [0.5, 0.6) is 0 Å². The maximum atomic E-state index is 12.9. The molecule has 1 saturated heterocycles. The first kappa shape index (κ1) is 22.2. The second-order valence-corrected chi connectivity index (χ2v) is 9.15. The highest BCUT2D eigenvalue weighted by Gasteiger charge is 2.42. The third-order valence-corrected chi connectivity index (χ3v) is 7.23. The van der Waals surface area contributed by atoms with E-state index in [9.17, 15) is 14.3 Å². The lowest BCUT2D eigenvalue weighted by Crippen LogP contribution is -2.41. The van der Waals surface area contributed by atoms with Gasteiger partial charge in [-0.1, -0.05) is 20.3 Å². The molecule has 5 unspecified atom stereocenters. The van der Waals surface area contributed by atoms with Gasteiger partial charge in [0.2, 0.25) is 11.9 Å². The fourth-order valence-corrected chi connectivity index (χ4v) is 5.31. The molecular formula is C23H35FN2O3. The molecule has 1 amide bonds. The number of carbonyl (C=O) groups is 1. The van der Waals surface area contributed by atoms with Crippen LogP contribution in [0.25, 0.3) is 0 Å². The Morgan fingerprint density at radius 2 is 2.07 bits per heavy atom. The minimum absolute atomic E-state index is 0.132. The number of fused-ring (bicyclic) bond motifs is 1. The minimum atomic E-state index is -0.579. The van der Waals surface area contributed by atoms with Crippen LogP contribution in [-0.2, 0) is 9.53 Å². The van der Waals surface area contributed by atoms with Crippen LogP contribution in [0.3, 0.4) is 0 Å². The first-order valence-electron chi connectivity index (χ1n) is 11.1. The Morgan fingerprint density at radius 1 is 1.28 bits per heavy atom. The number of aliphatic hydroxyl groups excluding tert-OH is 1. The maximum Gasteiger partial charge on any atom is 0.224 e. The number of amides is 1. The van der Waals surface area contributed by atoms with E-state index >= 15 is 0 Å². The molecule has 1 aliphatic carbocycles. The van der Waals surface area contributed by atoms with Crippen molar-refractivity contribution >= 4 is 11.6 Å². The summed E-state index contributed by atoms with van der Waals surface area (Å²) >= 11 is 0. The van der Waals surface area contributed by atoms with Gasteiger partial charge < -0.3 is 15.2 Å². The van der Waals surface area contributed by atoms with Crippen LogP contribution in [0.4, 0.5) is 10.1 Å². The fourth-order valence-electron chi connectivity index (χ4n) is 5.31. The number of carbonyl (C=O) groups excluding carboxylic acids is 1. The number of aliphatic hydroxyl groups is 1. The van der Waals surface area contributed by atoms with E-state index in [0.29, 0.717) is 41.9 Å². The Balaban J connectivity index is 1.53. The summed E-state index contributed by atoms with van der Waals surface area (Å²) < 4.78 is 18.9. The zero-order valence-electron chi connectivity index (χ0n) is 17.8. The van der Waals surface area contributed by atoms with E-state index in [0.717, 1.165) is 19.4 Å². The number of halogens is 1. The molecule has 1 aliphatic heterocycles. The molecular weight excluding hydrogens is 371 g/mol. The zero-order chi connectivity index (χ0) is 21.0. The number of ether oxygens (including phenoxy) is 1. The average Bonchev–Trinajstić information content (AvgIpc) is 2.90. The van der Waals surface area contributed by atoms with Gasteiger partial charge in [-0.25, -0.2) is 4.98 Å². The largest absolute Gasteiger partial charge is 0.393 e. The minimum Gasteiger partial charge on any atom is -0.393 e. The predicted octanol–water partition coefficient (Wildman–Crippen LogP) is 4.41. The number of rotatable bonds is 6. The van der Waals surface area contributed by atoms with Crippen LogP contribution < -0.4 is 5.32 Å². The van der Waals surface area contributed by atoms with E-state index in [4.69, 9.17) is 4.74 Å². The Labute approximate surface area is 173 Å². The molecule has 1 saturated carbocycles. The van der Waals surface area contributed by atoms with E-state index in [-0.39, 0.29) is 18.2 Å². The van der Waals surface area contributed by atoms with Crippen LogP contribution in [0.1, 0.15) is 59.3 Å². The summed E-state index contributed by atoms with van der Waals surface area (Å²) in [7, 11) is 0. The molecule has 29 heavy (non-hydrogen) atoms. The summed E-state index contributed by atoms with van der Waals surface area (Å²) in [4.78, 5) is 15.7. The second-order valence-electron chi connectivity index (χ2n) is 9.15. The molecule has 2 fully saturated rings. The lowest BCUT2D eigenvalue weighted by Gasteiger charge is -2.44. The van der Waals surface area contributed by atoms with Gasteiger partial charge in [-0.15, -0.1) is 0 Å². The van der Waals surface area contributed by atoms with Gasteiger partial charge in [-0.2, -0.15) is 4.39 Å². The van der Waals surface area contributed by atoms with E-state index in [1.54, 1.807) is 0 Å². The third-order valence-electron chi connectivity index (χ3n) is 7.23. The normalized spacial score (nSPS) is 32.0. The summed E-state index contributed by atoms with van der Waals surface area (Å²) in [5.74, 6) is 1.67. The van der Waals surface area contributed by atoms with Gasteiger partial charge in [-0.3, -0.25) is 4.79 Å². The summed E-state index contributed by atoms with van der Waals surface area (Å²) in [5, 5.41) is 13.5. The predicted molar refractivity (Wildman–Crippen MR) is 111 cm³/mol. The van der Waals surface area contributed by atoms with E-state index in [1.165, 1.54) is 31.2 Å². The van der Waals surface area contributed by atoms with Crippen molar-refractivity contribution in [2.24, 2.45) is 29.6 Å². The monoisotopic (exact) mass is 406 g/mol. The number of nitrogens with zero attached hydrogens (tertiary/aromatic N) is 1. The molecule has 162 valence electrons. The summed E-state index contributed by atoms with van der Waals surface area (Å²) in [6.07, 6.45) is 6.39. The highest BCUT2D eigenvalue weighted by molar-refractivity contribution is 5.90. The number of hydrogen-bond donors (Lipinski definition) is 2. The van der Waals surface area contributed by atoms with Gasteiger partial charge in [0.1, 0.15) is 0 Å². The van der Waals surface area contributed by atoms with Gasteiger partial charge in [0.25, 0.3) is 0 Å². The van der Waals surface area contributed by atoms with E-state index in [1.807, 2.05) is 0 Å². The van der Waals surface area contributed by atoms with E-state index < -0.39 is 12.1 Å². The summed E-state index contributed by atoms with van der Waals surface area (Å²) in [6.45, 7) is 7.43. The standard InChI is InChI=1S/C23H35FN2O3/c1-14-4-7-19(20-13-29-15(2)5-8-18(14)20)16(3)21(27)9-11-23(28)26-17-6-10-22(24)25-12-17/h6,10,12,14-16,18-21,27H,4-5,7-9,11,13H2,1-3H3,(H,26,28)/t14-,15?,16?,18?,19+,20?,21?/m1/s1. The molecule has 0 bridgehead atoms. The molecule has 2 N–H and O–H groups in total. The molecule has 2 heterocycles. The fraction of sp³-hybridized carbons (Fsp3) is 0.739. The molecule has 5 nitrogen and oxygen atoms in total. The SMILES string of the molecule is CC1CCC2C(CO1)[C@H](C(C)C(O)CCC(=O)Nc1ccc(F)nc1)CC[C@H]2C.